The van der Waals surface area contributed by atoms with Gasteiger partial charge in [0.05, 0.1) is 5.69 Å². The first-order valence-corrected chi connectivity index (χ1v) is 8.65. The molecule has 6 heteroatoms. The number of hydrogen-bond acceptors (Lipinski definition) is 4. The molecule has 6 nitrogen and oxygen atoms in total. The number of anilines is 2. The molecule has 3 N–H and O–H groups in total. The van der Waals surface area contributed by atoms with Gasteiger partial charge >= 0.3 is 0 Å². The molecule has 0 saturated carbocycles. The van der Waals surface area contributed by atoms with E-state index in [-0.39, 0.29) is 18.4 Å². The van der Waals surface area contributed by atoms with Gasteiger partial charge in [0.15, 0.2) is 0 Å². The van der Waals surface area contributed by atoms with Crippen LogP contribution in [0.5, 0.6) is 5.75 Å². The van der Waals surface area contributed by atoms with E-state index in [1.807, 2.05) is 44.2 Å². The fourth-order valence-corrected chi connectivity index (χ4v) is 2.80. The third kappa shape index (κ3) is 3.79. The van der Waals surface area contributed by atoms with Crippen LogP contribution in [0, 0.1) is 5.92 Å². The Hall–Kier alpha value is -3.02. The van der Waals surface area contributed by atoms with Crippen molar-refractivity contribution >= 4 is 23.2 Å². The van der Waals surface area contributed by atoms with Gasteiger partial charge in [-0.2, -0.15) is 0 Å². The van der Waals surface area contributed by atoms with E-state index >= 15 is 0 Å². The fourth-order valence-electron chi connectivity index (χ4n) is 2.80. The molecule has 3 rings (SSSR count). The molecule has 1 unspecified atom stereocenters. The molecule has 0 aliphatic carbocycles. The average molecular weight is 353 g/mol. The number of carbonyl (C=O) groups is 2. The van der Waals surface area contributed by atoms with Gasteiger partial charge in [0.25, 0.3) is 5.91 Å². The minimum atomic E-state index is -0.802. The predicted octanol–water partition coefficient (Wildman–Crippen LogP) is 2.51. The number of carbonyl (C=O) groups excluding carboxylic acids is 2. The Morgan fingerprint density at radius 1 is 1.23 bits per heavy atom. The van der Waals surface area contributed by atoms with Crippen LogP contribution in [0.2, 0.25) is 0 Å². The van der Waals surface area contributed by atoms with Crippen LogP contribution in [-0.4, -0.2) is 24.9 Å². The van der Waals surface area contributed by atoms with Crippen molar-refractivity contribution < 1.29 is 14.3 Å². The minimum absolute atomic E-state index is 0.0604. The largest absolute Gasteiger partial charge is 0.474 e. The van der Waals surface area contributed by atoms with Gasteiger partial charge in [-0.3, -0.25) is 14.5 Å². The lowest BCUT2D eigenvalue weighted by Gasteiger charge is -2.34. The number of ether oxygens (including phenoxy) is 1. The molecule has 0 aromatic heterocycles. The Labute approximate surface area is 152 Å². The van der Waals surface area contributed by atoms with E-state index in [0.29, 0.717) is 29.6 Å². The molecule has 1 atom stereocenters. The lowest BCUT2D eigenvalue weighted by atomic mass is 10.1. The molecule has 26 heavy (non-hydrogen) atoms. The maximum absolute atomic E-state index is 13.0. The lowest BCUT2D eigenvalue weighted by molar-refractivity contribution is -0.129. The number of hydrogen-bond donors (Lipinski definition) is 2. The highest BCUT2D eigenvalue weighted by Gasteiger charge is 2.36. The van der Waals surface area contributed by atoms with Crippen LogP contribution in [0.25, 0.3) is 0 Å². The predicted molar refractivity (Wildman–Crippen MR) is 101 cm³/mol. The van der Waals surface area contributed by atoms with Crippen molar-refractivity contribution in [2.75, 3.05) is 23.7 Å². The lowest BCUT2D eigenvalue weighted by Crippen LogP contribution is -2.47. The molecular weight excluding hydrogens is 330 g/mol. The van der Waals surface area contributed by atoms with E-state index in [0.717, 1.165) is 5.56 Å². The summed E-state index contributed by atoms with van der Waals surface area (Å²) >= 11 is 0. The maximum atomic E-state index is 13.0. The normalized spacial score (nSPS) is 16.2. The number of amides is 2. The number of nitrogens with one attached hydrogen (secondary N) is 1. The van der Waals surface area contributed by atoms with E-state index in [1.54, 1.807) is 18.2 Å². The highest BCUT2D eigenvalue weighted by atomic mass is 16.5. The zero-order valence-electron chi connectivity index (χ0n) is 14.9. The molecule has 0 fully saturated rings. The van der Waals surface area contributed by atoms with Gasteiger partial charge in [-0.25, -0.2) is 0 Å². The molecule has 1 heterocycles. The van der Waals surface area contributed by atoms with Crippen LogP contribution in [0.15, 0.2) is 48.5 Å². The monoisotopic (exact) mass is 353 g/mol. The van der Waals surface area contributed by atoms with E-state index in [2.05, 4.69) is 5.32 Å². The fraction of sp³-hybridized carbons (Fsp3) is 0.300. The quantitative estimate of drug-likeness (QED) is 0.809. The number of nitrogens with two attached hydrogens (primary N) is 1. The second kappa shape index (κ2) is 7.47. The Morgan fingerprint density at radius 2 is 1.96 bits per heavy atom. The summed E-state index contributed by atoms with van der Waals surface area (Å²) in [6.07, 6.45) is -0.802. The summed E-state index contributed by atoms with van der Waals surface area (Å²) in [4.78, 5) is 26.8. The van der Waals surface area contributed by atoms with Crippen molar-refractivity contribution in [2.45, 2.75) is 20.0 Å². The Bertz CT molecular complexity index is 805. The molecule has 0 bridgehead atoms. The van der Waals surface area contributed by atoms with Gasteiger partial charge in [-0.15, -0.1) is 0 Å². The molecule has 0 radical (unpaired) electrons. The van der Waals surface area contributed by atoms with Crippen LogP contribution >= 0.6 is 0 Å². The summed E-state index contributed by atoms with van der Waals surface area (Å²) in [5, 5.41) is 2.85. The Morgan fingerprint density at radius 3 is 2.65 bits per heavy atom. The van der Waals surface area contributed by atoms with Crippen LogP contribution in [0.3, 0.4) is 0 Å². The molecule has 0 saturated heterocycles. The third-order valence-corrected chi connectivity index (χ3v) is 4.12. The van der Waals surface area contributed by atoms with Crippen LogP contribution < -0.4 is 20.7 Å². The van der Waals surface area contributed by atoms with Crippen molar-refractivity contribution in [3.63, 3.8) is 0 Å². The summed E-state index contributed by atoms with van der Waals surface area (Å²) in [7, 11) is 0. The number of benzene rings is 2. The molecule has 136 valence electrons. The van der Waals surface area contributed by atoms with Gasteiger partial charge < -0.3 is 15.8 Å². The second-order valence-electron chi connectivity index (χ2n) is 6.76. The van der Waals surface area contributed by atoms with Gasteiger partial charge in [0, 0.05) is 23.9 Å². The van der Waals surface area contributed by atoms with E-state index < -0.39 is 6.10 Å². The summed E-state index contributed by atoms with van der Waals surface area (Å²) < 4.78 is 5.92. The SMILES string of the molecule is CC(C)CNC(=O)CN1C(=O)C(c2ccccc2)Oc2cc(N)ccc21. The summed E-state index contributed by atoms with van der Waals surface area (Å²) in [5.74, 6) is 0.357. The number of nitrogens with zero attached hydrogens (tertiary/aromatic N) is 1. The van der Waals surface area contributed by atoms with E-state index in [1.165, 1.54) is 4.90 Å². The molecule has 1 aliphatic heterocycles. The second-order valence-corrected chi connectivity index (χ2v) is 6.76. The topological polar surface area (TPSA) is 84.7 Å². The van der Waals surface area contributed by atoms with Gasteiger partial charge in [0.2, 0.25) is 12.0 Å². The zero-order valence-corrected chi connectivity index (χ0v) is 14.9. The molecule has 2 aromatic rings. The minimum Gasteiger partial charge on any atom is -0.474 e. The average Bonchev–Trinajstić information content (AvgIpc) is 2.62. The number of rotatable bonds is 5. The number of fused-ring (bicyclic) bond motifs is 1. The smallest absolute Gasteiger partial charge is 0.273 e. The van der Waals surface area contributed by atoms with Crippen LogP contribution in [0.1, 0.15) is 25.5 Å². The van der Waals surface area contributed by atoms with Crippen molar-refractivity contribution in [2.24, 2.45) is 5.92 Å². The van der Waals surface area contributed by atoms with Crippen molar-refractivity contribution in [3.8, 4) is 5.75 Å². The van der Waals surface area contributed by atoms with Crippen molar-refractivity contribution in [1.29, 1.82) is 0 Å². The molecule has 2 amide bonds. The Kier molecular flexibility index (Phi) is 5.11. The summed E-state index contributed by atoms with van der Waals surface area (Å²) in [6.45, 7) is 4.54. The van der Waals surface area contributed by atoms with E-state index in [9.17, 15) is 9.59 Å². The first kappa shape index (κ1) is 17.8. The molecule has 2 aromatic carbocycles. The number of nitrogen functional groups attached to an aromatic ring is 1. The van der Waals surface area contributed by atoms with E-state index in [4.69, 9.17) is 10.5 Å². The highest BCUT2D eigenvalue weighted by Crippen LogP contribution is 2.39. The maximum Gasteiger partial charge on any atom is 0.273 e. The van der Waals surface area contributed by atoms with Crippen LogP contribution in [-0.2, 0) is 9.59 Å². The van der Waals surface area contributed by atoms with Crippen molar-refractivity contribution in [1.82, 2.24) is 5.32 Å². The van der Waals surface area contributed by atoms with Gasteiger partial charge in [-0.05, 0) is 18.1 Å². The Balaban J connectivity index is 1.91. The summed E-state index contributed by atoms with van der Waals surface area (Å²) in [5.41, 5.74) is 7.69. The van der Waals surface area contributed by atoms with Gasteiger partial charge in [0.1, 0.15) is 12.3 Å². The zero-order chi connectivity index (χ0) is 18.7. The van der Waals surface area contributed by atoms with Crippen LogP contribution in [0.4, 0.5) is 11.4 Å². The third-order valence-electron chi connectivity index (χ3n) is 4.12. The highest BCUT2D eigenvalue weighted by molar-refractivity contribution is 6.04. The first-order valence-electron chi connectivity index (χ1n) is 8.65. The molecule has 0 spiro atoms. The standard InChI is InChI=1S/C20H23N3O3/c1-13(2)11-22-18(24)12-23-16-9-8-15(21)10-17(16)26-19(20(23)25)14-6-4-3-5-7-14/h3-10,13,19H,11-12,21H2,1-2H3,(H,22,24). The van der Waals surface area contributed by atoms with Gasteiger partial charge in [-0.1, -0.05) is 44.2 Å². The molecular formula is C20H23N3O3. The first-order chi connectivity index (χ1) is 12.5. The molecule has 1 aliphatic rings. The van der Waals surface area contributed by atoms with Crippen molar-refractivity contribution in [3.05, 3.63) is 54.1 Å². The summed E-state index contributed by atoms with van der Waals surface area (Å²) in [6, 6.07) is 14.3.